The van der Waals surface area contributed by atoms with Gasteiger partial charge in [-0.2, -0.15) is 0 Å². The minimum atomic E-state index is -0.382. The molecule has 0 aromatic heterocycles. The first-order valence-electron chi connectivity index (χ1n) is 11.1. The quantitative estimate of drug-likeness (QED) is 0.662. The summed E-state index contributed by atoms with van der Waals surface area (Å²) in [4.78, 5) is 29.6. The summed E-state index contributed by atoms with van der Waals surface area (Å²) in [6.07, 6.45) is 0.565. The van der Waals surface area contributed by atoms with Crippen LogP contribution in [-0.4, -0.2) is 75.2 Å². The molecule has 2 unspecified atom stereocenters. The maximum absolute atomic E-state index is 13.2. The van der Waals surface area contributed by atoms with E-state index in [9.17, 15) is 14.0 Å². The SMILES string of the molecule is COc1cc(C(=O)N2CCN(C(=O)C3CC(c4ccc(F)cc4)NN3)CC2)cc(OC)c1OC. The predicted molar refractivity (Wildman–Crippen MR) is 122 cm³/mol. The molecule has 2 saturated heterocycles. The molecule has 34 heavy (non-hydrogen) atoms. The number of nitrogens with zero attached hydrogens (tertiary/aromatic N) is 2. The molecule has 4 rings (SSSR count). The molecule has 2 fully saturated rings. The van der Waals surface area contributed by atoms with Gasteiger partial charge in [0.25, 0.3) is 5.91 Å². The molecular weight excluding hydrogens is 443 g/mol. The molecular formula is C24H29FN4O5. The third-order valence-electron chi connectivity index (χ3n) is 6.26. The van der Waals surface area contributed by atoms with Gasteiger partial charge in [-0.25, -0.2) is 15.2 Å². The van der Waals surface area contributed by atoms with Gasteiger partial charge in [0.15, 0.2) is 11.5 Å². The Balaban J connectivity index is 1.35. The zero-order valence-electron chi connectivity index (χ0n) is 19.5. The van der Waals surface area contributed by atoms with E-state index in [1.165, 1.54) is 33.5 Å². The van der Waals surface area contributed by atoms with Gasteiger partial charge in [0.2, 0.25) is 11.7 Å². The van der Waals surface area contributed by atoms with E-state index in [1.807, 2.05) is 0 Å². The number of ether oxygens (including phenoxy) is 3. The van der Waals surface area contributed by atoms with E-state index in [1.54, 1.807) is 34.1 Å². The summed E-state index contributed by atoms with van der Waals surface area (Å²) < 4.78 is 29.2. The van der Waals surface area contributed by atoms with E-state index >= 15 is 0 Å². The predicted octanol–water partition coefficient (Wildman–Crippen LogP) is 1.74. The number of methoxy groups -OCH3 is 3. The molecule has 2 heterocycles. The second kappa shape index (κ2) is 10.3. The Hall–Kier alpha value is -3.37. The lowest BCUT2D eigenvalue weighted by Gasteiger charge is -2.36. The summed E-state index contributed by atoms with van der Waals surface area (Å²) in [6.45, 7) is 1.72. The molecule has 2 atom stereocenters. The lowest BCUT2D eigenvalue weighted by molar-refractivity contribution is -0.134. The van der Waals surface area contributed by atoms with Crippen LogP contribution in [0.2, 0.25) is 0 Å². The van der Waals surface area contributed by atoms with Crippen molar-refractivity contribution in [1.82, 2.24) is 20.7 Å². The van der Waals surface area contributed by atoms with Crippen LogP contribution in [0.5, 0.6) is 17.2 Å². The first kappa shape index (κ1) is 23.8. The third-order valence-corrected chi connectivity index (χ3v) is 6.26. The highest BCUT2D eigenvalue weighted by molar-refractivity contribution is 5.96. The Labute approximate surface area is 197 Å². The Kier molecular flexibility index (Phi) is 7.18. The molecule has 2 amide bonds. The lowest BCUT2D eigenvalue weighted by atomic mass is 10.0. The number of benzene rings is 2. The summed E-state index contributed by atoms with van der Waals surface area (Å²) >= 11 is 0. The maximum Gasteiger partial charge on any atom is 0.254 e. The largest absolute Gasteiger partial charge is 0.493 e. The number of hydrogen-bond donors (Lipinski definition) is 2. The normalized spacial score (nSPS) is 20.2. The molecule has 0 bridgehead atoms. The van der Waals surface area contributed by atoms with Gasteiger partial charge in [-0.1, -0.05) is 12.1 Å². The molecule has 0 aliphatic carbocycles. The minimum Gasteiger partial charge on any atom is -0.493 e. The number of carbonyl (C=O) groups is 2. The molecule has 2 aliphatic heterocycles. The Morgan fingerprint density at radius 3 is 2.03 bits per heavy atom. The van der Waals surface area contributed by atoms with Crippen molar-refractivity contribution in [2.24, 2.45) is 0 Å². The molecule has 0 spiro atoms. The fourth-order valence-electron chi connectivity index (χ4n) is 4.37. The molecule has 2 N–H and O–H groups in total. The summed E-state index contributed by atoms with van der Waals surface area (Å²) in [5.41, 5.74) is 7.53. The maximum atomic E-state index is 13.2. The summed E-state index contributed by atoms with van der Waals surface area (Å²) in [5.74, 6) is 0.777. The fourth-order valence-corrected chi connectivity index (χ4v) is 4.37. The lowest BCUT2D eigenvalue weighted by Crippen LogP contribution is -2.54. The molecule has 0 saturated carbocycles. The van der Waals surface area contributed by atoms with Crippen LogP contribution in [0.1, 0.15) is 28.4 Å². The van der Waals surface area contributed by atoms with Crippen molar-refractivity contribution in [2.45, 2.75) is 18.5 Å². The highest BCUT2D eigenvalue weighted by Gasteiger charge is 2.35. The van der Waals surface area contributed by atoms with E-state index < -0.39 is 0 Å². The summed E-state index contributed by atoms with van der Waals surface area (Å²) in [6, 6.07) is 9.07. The Morgan fingerprint density at radius 1 is 0.882 bits per heavy atom. The van der Waals surface area contributed by atoms with Crippen LogP contribution >= 0.6 is 0 Å². The van der Waals surface area contributed by atoms with E-state index in [2.05, 4.69) is 10.9 Å². The standard InChI is InChI=1S/C24H29FN4O5/c1-32-20-12-16(13-21(33-2)22(20)34-3)23(30)28-8-10-29(11-9-28)24(31)19-14-18(26-27-19)15-4-6-17(25)7-5-15/h4-7,12-13,18-19,26-27H,8-11,14H2,1-3H3. The van der Waals surface area contributed by atoms with Crippen molar-refractivity contribution in [2.75, 3.05) is 47.5 Å². The van der Waals surface area contributed by atoms with Gasteiger partial charge >= 0.3 is 0 Å². The van der Waals surface area contributed by atoms with Gasteiger partial charge in [-0.3, -0.25) is 9.59 Å². The van der Waals surface area contributed by atoms with Crippen LogP contribution in [0.3, 0.4) is 0 Å². The molecule has 2 aliphatic rings. The van der Waals surface area contributed by atoms with Gasteiger partial charge < -0.3 is 24.0 Å². The van der Waals surface area contributed by atoms with Crippen molar-refractivity contribution >= 4 is 11.8 Å². The van der Waals surface area contributed by atoms with Crippen molar-refractivity contribution in [1.29, 1.82) is 0 Å². The number of piperazine rings is 1. The van der Waals surface area contributed by atoms with Crippen LogP contribution in [0.15, 0.2) is 36.4 Å². The number of hydrogen-bond acceptors (Lipinski definition) is 7. The molecule has 2 aromatic carbocycles. The zero-order chi connectivity index (χ0) is 24.2. The average molecular weight is 473 g/mol. The number of rotatable bonds is 6. The van der Waals surface area contributed by atoms with Crippen molar-refractivity contribution < 1.29 is 28.2 Å². The summed E-state index contributed by atoms with van der Waals surface area (Å²) in [7, 11) is 4.51. The van der Waals surface area contributed by atoms with E-state index in [0.717, 1.165) is 5.56 Å². The van der Waals surface area contributed by atoms with Crippen LogP contribution in [0.25, 0.3) is 0 Å². The molecule has 9 nitrogen and oxygen atoms in total. The molecule has 0 radical (unpaired) electrons. The third kappa shape index (κ3) is 4.78. The Bertz CT molecular complexity index is 1020. The van der Waals surface area contributed by atoms with Crippen molar-refractivity contribution in [3.05, 3.63) is 53.3 Å². The van der Waals surface area contributed by atoms with Crippen molar-refractivity contribution in [3.8, 4) is 17.2 Å². The zero-order valence-corrected chi connectivity index (χ0v) is 19.5. The molecule has 10 heteroatoms. The first-order valence-corrected chi connectivity index (χ1v) is 11.1. The number of halogens is 1. The number of nitrogens with one attached hydrogen (secondary N) is 2. The summed E-state index contributed by atoms with van der Waals surface area (Å²) in [5, 5.41) is 0. The number of amides is 2. The average Bonchev–Trinajstić information content (AvgIpc) is 3.37. The molecule has 182 valence electrons. The van der Waals surface area contributed by atoms with Crippen LogP contribution in [0, 0.1) is 5.82 Å². The Morgan fingerprint density at radius 2 is 1.47 bits per heavy atom. The minimum absolute atomic E-state index is 0.0167. The van der Waals surface area contributed by atoms with Crippen LogP contribution < -0.4 is 25.1 Å². The van der Waals surface area contributed by atoms with Gasteiger partial charge in [0, 0.05) is 37.8 Å². The van der Waals surface area contributed by atoms with Gasteiger partial charge in [-0.15, -0.1) is 0 Å². The smallest absolute Gasteiger partial charge is 0.254 e. The monoisotopic (exact) mass is 472 g/mol. The topological polar surface area (TPSA) is 92.4 Å². The molecule has 2 aromatic rings. The number of carbonyl (C=O) groups excluding carboxylic acids is 2. The van der Waals surface area contributed by atoms with Crippen molar-refractivity contribution in [3.63, 3.8) is 0 Å². The number of hydrazine groups is 1. The van der Waals surface area contributed by atoms with E-state index in [0.29, 0.717) is 55.4 Å². The second-order valence-electron chi connectivity index (χ2n) is 8.21. The van der Waals surface area contributed by atoms with E-state index in [4.69, 9.17) is 14.2 Å². The second-order valence-corrected chi connectivity index (χ2v) is 8.21. The highest BCUT2D eigenvalue weighted by Crippen LogP contribution is 2.38. The first-order chi connectivity index (χ1) is 16.4. The van der Waals surface area contributed by atoms with Gasteiger partial charge in [0.1, 0.15) is 11.9 Å². The van der Waals surface area contributed by atoms with Gasteiger partial charge in [-0.05, 0) is 36.2 Å². The highest BCUT2D eigenvalue weighted by atomic mass is 19.1. The van der Waals surface area contributed by atoms with Gasteiger partial charge in [0.05, 0.1) is 21.3 Å². The van der Waals surface area contributed by atoms with Crippen LogP contribution in [0.4, 0.5) is 4.39 Å². The fraction of sp³-hybridized carbons (Fsp3) is 0.417. The van der Waals surface area contributed by atoms with Crippen LogP contribution in [-0.2, 0) is 4.79 Å². The van der Waals surface area contributed by atoms with E-state index in [-0.39, 0.29) is 29.7 Å².